The molecule has 2 amide bonds. The SMILES string of the molecule is CC(C)(C)OC(=O)NC(CCCCN(Cc1ccccc1)C(=O)O)CN(Cc1cccs1)S(=O)(=O)c1cccs1. The standard InChI is InChI=1S/C28H37N3O6S3/c1-28(2,3)37-26(32)29-23(13-7-8-16-30(27(33)34)19-22-11-5-4-6-12-22)20-31(21-24-14-9-17-38-24)40(35,36)25-15-10-18-39-25/h4-6,9-12,14-15,17-18,23H,7-8,13,16,19-21H2,1-3H3,(H,29,32)(H,33,34). The van der Waals surface area contributed by atoms with Crippen LogP contribution in [0.5, 0.6) is 0 Å². The van der Waals surface area contributed by atoms with Gasteiger partial charge in [-0.1, -0.05) is 42.5 Å². The number of nitrogens with zero attached hydrogens (tertiary/aromatic N) is 2. The number of thiophene rings is 2. The first-order valence-corrected chi connectivity index (χ1v) is 16.2. The van der Waals surface area contributed by atoms with Gasteiger partial charge in [-0.15, -0.1) is 22.7 Å². The van der Waals surface area contributed by atoms with Gasteiger partial charge in [-0.25, -0.2) is 18.0 Å². The minimum absolute atomic E-state index is 0.0457. The van der Waals surface area contributed by atoms with E-state index >= 15 is 0 Å². The summed E-state index contributed by atoms with van der Waals surface area (Å²) >= 11 is 2.61. The molecule has 0 aliphatic carbocycles. The van der Waals surface area contributed by atoms with E-state index in [2.05, 4.69) is 5.32 Å². The number of carbonyl (C=O) groups excluding carboxylic acids is 1. The number of hydrogen-bond acceptors (Lipinski definition) is 7. The molecule has 1 atom stereocenters. The average Bonchev–Trinajstić information content (AvgIpc) is 3.59. The van der Waals surface area contributed by atoms with Crippen LogP contribution in [-0.4, -0.2) is 59.6 Å². The maximum absolute atomic E-state index is 13.6. The molecule has 0 aliphatic rings. The van der Waals surface area contributed by atoms with E-state index in [1.165, 1.54) is 20.5 Å². The molecule has 0 bridgehead atoms. The maximum Gasteiger partial charge on any atom is 0.407 e. The molecule has 1 unspecified atom stereocenters. The quantitative estimate of drug-likeness (QED) is 0.210. The second kappa shape index (κ2) is 14.6. The molecule has 0 saturated heterocycles. The number of unbranched alkanes of at least 4 members (excludes halogenated alkanes) is 1. The molecule has 0 radical (unpaired) electrons. The lowest BCUT2D eigenvalue weighted by Gasteiger charge is -2.28. The molecule has 0 aliphatic heterocycles. The van der Waals surface area contributed by atoms with Crippen LogP contribution < -0.4 is 5.32 Å². The van der Waals surface area contributed by atoms with E-state index in [9.17, 15) is 23.1 Å². The number of rotatable bonds is 14. The van der Waals surface area contributed by atoms with Crippen LogP contribution in [0.25, 0.3) is 0 Å². The van der Waals surface area contributed by atoms with Crippen LogP contribution in [0.15, 0.2) is 69.6 Å². The summed E-state index contributed by atoms with van der Waals surface area (Å²) in [7, 11) is -3.81. The van der Waals surface area contributed by atoms with Crippen molar-refractivity contribution in [2.24, 2.45) is 0 Å². The van der Waals surface area contributed by atoms with Crippen molar-refractivity contribution in [3.8, 4) is 0 Å². The molecular weight excluding hydrogens is 571 g/mol. The number of nitrogens with one attached hydrogen (secondary N) is 1. The monoisotopic (exact) mass is 607 g/mol. The Labute approximate surface area is 244 Å². The largest absolute Gasteiger partial charge is 0.465 e. The first-order valence-electron chi connectivity index (χ1n) is 13.0. The van der Waals surface area contributed by atoms with Crippen molar-refractivity contribution < 1.29 is 27.9 Å². The number of ether oxygens (including phenoxy) is 1. The predicted octanol–water partition coefficient (Wildman–Crippen LogP) is 6.24. The van der Waals surface area contributed by atoms with E-state index in [-0.39, 0.29) is 23.8 Å². The van der Waals surface area contributed by atoms with Crippen molar-refractivity contribution in [2.75, 3.05) is 13.1 Å². The van der Waals surface area contributed by atoms with Crippen LogP contribution >= 0.6 is 22.7 Å². The number of carbonyl (C=O) groups is 2. The minimum atomic E-state index is -3.81. The summed E-state index contributed by atoms with van der Waals surface area (Å²) in [6, 6.07) is 15.9. The molecule has 0 fully saturated rings. The van der Waals surface area contributed by atoms with Gasteiger partial charge < -0.3 is 20.1 Å². The molecule has 3 rings (SSSR count). The first kappa shape index (κ1) is 31.6. The molecule has 40 heavy (non-hydrogen) atoms. The van der Waals surface area contributed by atoms with Gasteiger partial charge in [0.05, 0.1) is 0 Å². The zero-order chi connectivity index (χ0) is 29.2. The molecule has 1 aromatic carbocycles. The second-order valence-corrected chi connectivity index (χ2v) is 14.5. The van der Waals surface area contributed by atoms with Gasteiger partial charge >= 0.3 is 12.2 Å². The lowest BCUT2D eigenvalue weighted by Crippen LogP contribution is -2.46. The Balaban J connectivity index is 1.72. The zero-order valence-electron chi connectivity index (χ0n) is 23.0. The molecule has 2 N–H and O–H groups in total. The van der Waals surface area contributed by atoms with Crippen LogP contribution in [0.1, 0.15) is 50.5 Å². The van der Waals surface area contributed by atoms with Crippen molar-refractivity contribution >= 4 is 44.9 Å². The van der Waals surface area contributed by atoms with Gasteiger partial charge in [0, 0.05) is 37.1 Å². The molecule has 12 heteroatoms. The van der Waals surface area contributed by atoms with E-state index in [0.29, 0.717) is 25.8 Å². The zero-order valence-corrected chi connectivity index (χ0v) is 25.4. The summed E-state index contributed by atoms with van der Waals surface area (Å²) in [6.45, 7) is 6.11. The van der Waals surface area contributed by atoms with Gasteiger partial charge in [-0.2, -0.15) is 4.31 Å². The predicted molar refractivity (Wildman–Crippen MR) is 158 cm³/mol. The van der Waals surface area contributed by atoms with E-state index in [4.69, 9.17) is 4.74 Å². The second-order valence-electron chi connectivity index (χ2n) is 10.3. The summed E-state index contributed by atoms with van der Waals surface area (Å²) in [5.41, 5.74) is 0.186. The van der Waals surface area contributed by atoms with E-state index < -0.39 is 33.9 Å². The summed E-state index contributed by atoms with van der Waals surface area (Å²) in [5.74, 6) is 0. The maximum atomic E-state index is 13.6. The van der Waals surface area contributed by atoms with Crippen molar-refractivity contribution in [3.63, 3.8) is 0 Å². The number of amides is 2. The fourth-order valence-electron chi connectivity index (χ4n) is 4.03. The third-order valence-electron chi connectivity index (χ3n) is 5.86. The van der Waals surface area contributed by atoms with E-state index in [1.807, 2.05) is 47.8 Å². The number of alkyl carbamates (subject to hydrolysis) is 1. The molecule has 0 spiro atoms. The highest BCUT2D eigenvalue weighted by atomic mass is 32.2. The number of sulfonamides is 1. The first-order chi connectivity index (χ1) is 18.9. The van der Waals surface area contributed by atoms with E-state index in [0.717, 1.165) is 21.8 Å². The Bertz CT molecular complexity index is 1290. The van der Waals surface area contributed by atoms with Gasteiger partial charge in [0.15, 0.2) is 0 Å². The fourth-order valence-corrected chi connectivity index (χ4v) is 7.44. The molecule has 218 valence electrons. The topological polar surface area (TPSA) is 116 Å². The number of hydrogen-bond donors (Lipinski definition) is 2. The molecule has 9 nitrogen and oxygen atoms in total. The Kier molecular flexibility index (Phi) is 11.6. The third kappa shape index (κ3) is 10.2. The van der Waals surface area contributed by atoms with Gasteiger partial charge in [-0.3, -0.25) is 0 Å². The summed E-state index contributed by atoms with van der Waals surface area (Å²) in [4.78, 5) is 26.7. The van der Waals surface area contributed by atoms with Crippen molar-refractivity contribution in [2.45, 2.75) is 69.0 Å². The van der Waals surface area contributed by atoms with Crippen LogP contribution in [-0.2, 0) is 27.8 Å². The molecule has 3 aromatic rings. The van der Waals surface area contributed by atoms with Crippen molar-refractivity contribution in [1.82, 2.24) is 14.5 Å². The van der Waals surface area contributed by atoms with Gasteiger partial charge in [0.25, 0.3) is 10.0 Å². The third-order valence-corrected chi connectivity index (χ3v) is 9.91. The van der Waals surface area contributed by atoms with Gasteiger partial charge in [0.1, 0.15) is 9.81 Å². The van der Waals surface area contributed by atoms with Crippen LogP contribution in [0.2, 0.25) is 0 Å². The van der Waals surface area contributed by atoms with Gasteiger partial charge in [0.2, 0.25) is 0 Å². The normalized spacial score (nSPS) is 12.7. The number of benzene rings is 1. The van der Waals surface area contributed by atoms with Crippen LogP contribution in [0, 0.1) is 0 Å². The highest BCUT2D eigenvalue weighted by molar-refractivity contribution is 7.91. The summed E-state index contributed by atoms with van der Waals surface area (Å²) < 4.78 is 34.2. The lowest BCUT2D eigenvalue weighted by molar-refractivity contribution is 0.0494. The molecule has 2 heterocycles. The lowest BCUT2D eigenvalue weighted by atomic mass is 10.1. The van der Waals surface area contributed by atoms with Gasteiger partial charge in [-0.05, 0) is 68.5 Å². The molecule has 0 saturated carbocycles. The van der Waals surface area contributed by atoms with Crippen molar-refractivity contribution in [1.29, 1.82) is 0 Å². The molecule has 2 aromatic heterocycles. The summed E-state index contributed by atoms with van der Waals surface area (Å²) in [5, 5.41) is 16.1. The highest BCUT2D eigenvalue weighted by Crippen LogP contribution is 2.25. The Morgan fingerprint density at radius 2 is 1.68 bits per heavy atom. The van der Waals surface area contributed by atoms with Crippen molar-refractivity contribution in [3.05, 3.63) is 75.8 Å². The number of carboxylic acid groups (broad SMARTS) is 1. The smallest absolute Gasteiger partial charge is 0.407 e. The summed E-state index contributed by atoms with van der Waals surface area (Å²) in [6.07, 6.45) is -0.0623. The van der Waals surface area contributed by atoms with Crippen LogP contribution in [0.3, 0.4) is 0 Å². The Morgan fingerprint density at radius 3 is 2.27 bits per heavy atom. The highest BCUT2D eigenvalue weighted by Gasteiger charge is 2.30. The Hall–Kier alpha value is -2.93. The Morgan fingerprint density at radius 1 is 0.975 bits per heavy atom. The fraction of sp³-hybridized carbons (Fsp3) is 0.429. The van der Waals surface area contributed by atoms with E-state index in [1.54, 1.807) is 38.3 Å². The van der Waals surface area contributed by atoms with Crippen LogP contribution in [0.4, 0.5) is 9.59 Å². The minimum Gasteiger partial charge on any atom is -0.465 e. The average molecular weight is 608 g/mol. The molecular formula is C28H37N3O6S3.